The van der Waals surface area contributed by atoms with Crippen molar-refractivity contribution in [2.45, 2.75) is 59.3 Å². The van der Waals surface area contributed by atoms with Crippen LogP contribution in [0.3, 0.4) is 0 Å². The summed E-state index contributed by atoms with van der Waals surface area (Å²) < 4.78 is 0. The molecule has 4 heteroatoms. The molecule has 1 aliphatic heterocycles. The lowest BCUT2D eigenvalue weighted by atomic mass is 9.52. The minimum Gasteiger partial charge on any atom is -0.333 e. The molecule has 1 N–H and O–H groups in total. The molecule has 4 nitrogen and oxygen atoms in total. The van der Waals surface area contributed by atoms with Crippen LogP contribution < -0.4 is 5.32 Å². The molecule has 1 amide bonds. The number of carbonyl (C=O) groups excluding carboxylic acids is 3. The predicted octanol–water partition coefficient (Wildman–Crippen LogP) is 3.33. The predicted molar refractivity (Wildman–Crippen MR) is 91.9 cm³/mol. The molecule has 2 aliphatic carbocycles. The molecule has 130 valence electrons. The number of Topliss-reactive ketones (excluding diaryl/α,β-unsaturated/α-hetero) is 1. The fourth-order valence-corrected chi connectivity index (χ4v) is 5.13. The summed E-state index contributed by atoms with van der Waals surface area (Å²) >= 11 is 0. The molecule has 4 atom stereocenters. The summed E-state index contributed by atoms with van der Waals surface area (Å²) in [5.41, 5.74) is 2.09. The van der Waals surface area contributed by atoms with Crippen molar-refractivity contribution in [1.82, 2.24) is 5.32 Å². The molecule has 0 radical (unpaired) electrons. The monoisotopic (exact) mass is 329 g/mol. The van der Waals surface area contributed by atoms with Gasteiger partial charge >= 0.3 is 0 Å². The van der Waals surface area contributed by atoms with Crippen molar-refractivity contribution in [3.63, 3.8) is 0 Å². The van der Waals surface area contributed by atoms with Crippen LogP contribution in [0.25, 0.3) is 0 Å². The van der Waals surface area contributed by atoms with Gasteiger partial charge in [-0.25, -0.2) is 0 Å². The van der Waals surface area contributed by atoms with E-state index >= 15 is 0 Å². The molecule has 3 rings (SSSR count). The number of allylic oxidation sites excluding steroid dienone is 3. The highest BCUT2D eigenvalue weighted by Crippen LogP contribution is 2.56. The van der Waals surface area contributed by atoms with Crippen LogP contribution in [0.4, 0.5) is 0 Å². The van der Waals surface area contributed by atoms with Crippen molar-refractivity contribution in [3.05, 3.63) is 23.4 Å². The van der Waals surface area contributed by atoms with Crippen LogP contribution in [0.2, 0.25) is 0 Å². The smallest absolute Gasteiger partial charge is 0.223 e. The number of hydrogen-bond donors (Lipinski definition) is 1. The van der Waals surface area contributed by atoms with Crippen molar-refractivity contribution in [2.75, 3.05) is 0 Å². The normalized spacial score (nSPS) is 35.9. The Hall–Kier alpha value is -1.71. The first kappa shape index (κ1) is 17.1. The third-order valence-corrected chi connectivity index (χ3v) is 6.46. The highest BCUT2D eigenvalue weighted by Gasteiger charge is 2.52. The molecule has 1 fully saturated rings. The van der Waals surface area contributed by atoms with Gasteiger partial charge in [0.05, 0.1) is 0 Å². The number of carbonyl (C=O) groups is 3. The SMILES string of the molecule is CC(=O)CC[C@@H]1C(C)=CC(=O)[C@H]2[C@H]1CCC1=CNC(=O)CC[C@@]12C. The van der Waals surface area contributed by atoms with Crippen LogP contribution in [0.1, 0.15) is 59.3 Å². The molecular weight excluding hydrogens is 302 g/mol. The van der Waals surface area contributed by atoms with Crippen LogP contribution in [-0.4, -0.2) is 17.5 Å². The number of hydrogen-bond acceptors (Lipinski definition) is 3. The first-order valence-electron chi connectivity index (χ1n) is 9.03. The zero-order valence-corrected chi connectivity index (χ0v) is 14.9. The van der Waals surface area contributed by atoms with Gasteiger partial charge in [-0.2, -0.15) is 0 Å². The lowest BCUT2D eigenvalue weighted by Crippen LogP contribution is -2.48. The number of nitrogens with one attached hydrogen (secondary N) is 1. The van der Waals surface area contributed by atoms with E-state index in [1.807, 2.05) is 13.1 Å². The van der Waals surface area contributed by atoms with E-state index in [2.05, 4.69) is 12.2 Å². The van der Waals surface area contributed by atoms with Crippen molar-refractivity contribution < 1.29 is 14.4 Å². The average molecular weight is 329 g/mol. The minimum atomic E-state index is -0.245. The topological polar surface area (TPSA) is 63.2 Å². The van der Waals surface area contributed by atoms with Gasteiger partial charge in [0.2, 0.25) is 5.91 Å². The summed E-state index contributed by atoms with van der Waals surface area (Å²) in [6.07, 6.45) is 8.15. The lowest BCUT2D eigenvalue weighted by molar-refractivity contribution is -0.128. The summed E-state index contributed by atoms with van der Waals surface area (Å²) in [6, 6.07) is 0. The summed E-state index contributed by atoms with van der Waals surface area (Å²) in [4.78, 5) is 36.2. The number of amides is 1. The van der Waals surface area contributed by atoms with Gasteiger partial charge in [0.25, 0.3) is 0 Å². The van der Waals surface area contributed by atoms with Crippen LogP contribution in [0, 0.1) is 23.2 Å². The van der Waals surface area contributed by atoms with Gasteiger partial charge in [-0.05, 0) is 63.0 Å². The summed E-state index contributed by atoms with van der Waals surface area (Å²) in [5, 5.41) is 2.87. The Labute approximate surface area is 143 Å². The number of ketones is 2. The second kappa shape index (κ2) is 6.30. The van der Waals surface area contributed by atoms with Crippen LogP contribution in [0.15, 0.2) is 23.4 Å². The minimum absolute atomic E-state index is 0.0396. The van der Waals surface area contributed by atoms with Gasteiger partial charge in [0.1, 0.15) is 5.78 Å². The van der Waals surface area contributed by atoms with Gasteiger partial charge in [0.15, 0.2) is 5.78 Å². The Balaban J connectivity index is 1.95. The van der Waals surface area contributed by atoms with E-state index < -0.39 is 0 Å². The quantitative estimate of drug-likeness (QED) is 0.864. The summed E-state index contributed by atoms with van der Waals surface area (Å²) in [6.45, 7) is 5.82. The zero-order valence-electron chi connectivity index (χ0n) is 14.9. The Morgan fingerprint density at radius 2 is 2.08 bits per heavy atom. The van der Waals surface area contributed by atoms with Crippen LogP contribution in [-0.2, 0) is 14.4 Å². The van der Waals surface area contributed by atoms with Gasteiger partial charge in [-0.1, -0.05) is 12.5 Å². The maximum Gasteiger partial charge on any atom is 0.223 e. The third-order valence-electron chi connectivity index (χ3n) is 6.46. The van der Waals surface area contributed by atoms with Gasteiger partial charge in [0, 0.05) is 30.4 Å². The molecule has 0 aromatic rings. The number of fused-ring (bicyclic) bond motifs is 3. The molecular formula is C20H27NO3. The Bertz CT molecular complexity index is 645. The molecule has 0 saturated heterocycles. The summed E-state index contributed by atoms with van der Waals surface area (Å²) in [7, 11) is 0. The Morgan fingerprint density at radius 1 is 1.33 bits per heavy atom. The number of rotatable bonds is 3. The molecule has 0 spiro atoms. The van der Waals surface area contributed by atoms with E-state index in [1.165, 1.54) is 5.57 Å². The van der Waals surface area contributed by atoms with Crippen molar-refractivity contribution in [3.8, 4) is 0 Å². The highest BCUT2D eigenvalue weighted by atomic mass is 16.1. The largest absolute Gasteiger partial charge is 0.333 e. The second-order valence-electron chi connectivity index (χ2n) is 7.97. The van der Waals surface area contributed by atoms with Crippen molar-refractivity contribution >= 4 is 17.5 Å². The zero-order chi connectivity index (χ0) is 17.5. The van der Waals surface area contributed by atoms with E-state index in [-0.39, 0.29) is 34.7 Å². The van der Waals surface area contributed by atoms with E-state index in [4.69, 9.17) is 0 Å². The molecule has 3 aliphatic rings. The average Bonchev–Trinajstić information content (AvgIpc) is 2.65. The fraction of sp³-hybridized carbons (Fsp3) is 0.650. The molecule has 0 bridgehead atoms. The first-order valence-corrected chi connectivity index (χ1v) is 9.03. The Morgan fingerprint density at radius 3 is 2.79 bits per heavy atom. The molecule has 24 heavy (non-hydrogen) atoms. The van der Waals surface area contributed by atoms with E-state index in [0.717, 1.165) is 31.3 Å². The van der Waals surface area contributed by atoms with Gasteiger partial charge < -0.3 is 10.1 Å². The molecule has 0 unspecified atom stereocenters. The fourth-order valence-electron chi connectivity index (χ4n) is 5.13. The third kappa shape index (κ3) is 2.87. The maximum absolute atomic E-state index is 12.9. The standard InChI is InChI=1S/C20H27NO3/c1-12-10-17(23)19-16(15(12)6-4-13(2)22)7-5-14-11-21-18(24)8-9-20(14,19)3/h10-11,15-16,19H,4-9H2,1-3H3,(H,21,24)/t15-,16+,19-,20+/m1/s1. The molecule has 0 aromatic carbocycles. The van der Waals surface area contributed by atoms with Crippen molar-refractivity contribution in [2.24, 2.45) is 23.2 Å². The van der Waals surface area contributed by atoms with Crippen LogP contribution in [0.5, 0.6) is 0 Å². The Kier molecular flexibility index (Phi) is 4.50. The summed E-state index contributed by atoms with van der Waals surface area (Å²) in [5.74, 6) is 0.991. The van der Waals surface area contributed by atoms with E-state index in [1.54, 1.807) is 13.0 Å². The molecule has 1 heterocycles. The maximum atomic E-state index is 12.9. The first-order chi connectivity index (χ1) is 11.3. The molecule has 1 saturated carbocycles. The second-order valence-corrected chi connectivity index (χ2v) is 7.97. The van der Waals surface area contributed by atoms with E-state index in [0.29, 0.717) is 18.8 Å². The highest BCUT2D eigenvalue weighted by molar-refractivity contribution is 5.95. The van der Waals surface area contributed by atoms with Crippen molar-refractivity contribution in [1.29, 1.82) is 0 Å². The lowest BCUT2D eigenvalue weighted by Gasteiger charge is -2.51. The van der Waals surface area contributed by atoms with E-state index in [9.17, 15) is 14.4 Å². The van der Waals surface area contributed by atoms with Gasteiger partial charge in [-0.15, -0.1) is 0 Å². The molecule has 0 aromatic heterocycles. The van der Waals surface area contributed by atoms with Gasteiger partial charge in [-0.3, -0.25) is 9.59 Å². The van der Waals surface area contributed by atoms with Crippen LogP contribution >= 0.6 is 0 Å².